The van der Waals surface area contributed by atoms with Crippen molar-refractivity contribution in [1.29, 1.82) is 0 Å². The second kappa shape index (κ2) is 3.77. The number of fused-ring (bicyclic) bond motifs is 1. The highest BCUT2D eigenvalue weighted by atomic mass is 79.9. The first-order valence-corrected chi connectivity index (χ1v) is 5.74. The van der Waals surface area contributed by atoms with E-state index in [2.05, 4.69) is 15.9 Å². The van der Waals surface area contributed by atoms with Gasteiger partial charge in [0, 0.05) is 18.3 Å². The van der Waals surface area contributed by atoms with Gasteiger partial charge in [0.05, 0.1) is 11.8 Å². The molecule has 1 amide bonds. The molecule has 1 aliphatic rings. The average molecular weight is 268 g/mol. The molecule has 0 unspecified atom stereocenters. The molecule has 3 nitrogen and oxygen atoms in total. The number of hydrogen-bond acceptors (Lipinski definition) is 2. The molecule has 15 heavy (non-hydrogen) atoms. The number of likely N-dealkylation sites (N-methyl/N-ethyl adjacent to an activating group) is 1. The number of Topliss-reactive ketones (excluding diaryl/α,β-unsaturated/α-hetero) is 1. The molecule has 2 rings (SSSR count). The van der Waals surface area contributed by atoms with Gasteiger partial charge in [0.25, 0.3) is 0 Å². The smallest absolute Gasteiger partial charge is 0.231 e. The molecule has 0 saturated heterocycles. The van der Waals surface area contributed by atoms with Crippen LogP contribution in [0.2, 0.25) is 0 Å². The van der Waals surface area contributed by atoms with E-state index in [1.807, 2.05) is 6.07 Å². The molecule has 0 atom stereocenters. The second-order valence-electron chi connectivity index (χ2n) is 3.53. The molecule has 0 bridgehead atoms. The Morgan fingerprint density at radius 1 is 1.53 bits per heavy atom. The Balaban J connectivity index is 2.42. The third-order valence-electron chi connectivity index (χ3n) is 2.60. The number of anilines is 1. The zero-order valence-corrected chi connectivity index (χ0v) is 9.87. The molecular formula is C11H10BrNO2. The number of rotatable bonds is 2. The van der Waals surface area contributed by atoms with Crippen LogP contribution in [0.1, 0.15) is 15.9 Å². The van der Waals surface area contributed by atoms with Gasteiger partial charge in [0.1, 0.15) is 0 Å². The normalized spacial score (nSPS) is 14.3. The maximum Gasteiger partial charge on any atom is 0.231 e. The van der Waals surface area contributed by atoms with E-state index in [0.717, 1.165) is 11.3 Å². The number of carbonyl (C=O) groups is 2. The molecule has 1 aliphatic heterocycles. The third-order valence-corrected chi connectivity index (χ3v) is 3.11. The van der Waals surface area contributed by atoms with E-state index in [4.69, 9.17) is 0 Å². The molecule has 0 N–H and O–H groups in total. The number of halogens is 1. The minimum absolute atomic E-state index is 0.0415. The second-order valence-corrected chi connectivity index (χ2v) is 4.09. The van der Waals surface area contributed by atoms with Crippen molar-refractivity contribution in [2.75, 3.05) is 17.3 Å². The van der Waals surface area contributed by atoms with Crippen LogP contribution in [0.5, 0.6) is 0 Å². The summed E-state index contributed by atoms with van der Waals surface area (Å²) in [7, 11) is 1.75. The van der Waals surface area contributed by atoms with Gasteiger partial charge in [-0.3, -0.25) is 9.59 Å². The van der Waals surface area contributed by atoms with Crippen molar-refractivity contribution in [2.45, 2.75) is 6.42 Å². The summed E-state index contributed by atoms with van der Waals surface area (Å²) in [6.45, 7) is 0. The fourth-order valence-corrected chi connectivity index (χ4v) is 2.04. The summed E-state index contributed by atoms with van der Waals surface area (Å²) in [5, 5.41) is 0.315. The van der Waals surface area contributed by atoms with Crippen molar-refractivity contribution in [3.63, 3.8) is 0 Å². The number of alkyl halides is 1. The number of amides is 1. The number of hydrogen-bond donors (Lipinski definition) is 0. The third kappa shape index (κ3) is 1.69. The Kier molecular flexibility index (Phi) is 2.61. The molecule has 0 aromatic heterocycles. The Labute approximate surface area is 96.2 Å². The van der Waals surface area contributed by atoms with E-state index >= 15 is 0 Å². The lowest BCUT2D eigenvalue weighted by Crippen LogP contribution is -2.20. The van der Waals surface area contributed by atoms with Crippen molar-refractivity contribution >= 4 is 33.3 Å². The Hall–Kier alpha value is -1.16. The van der Waals surface area contributed by atoms with E-state index in [1.165, 1.54) is 0 Å². The van der Waals surface area contributed by atoms with E-state index in [9.17, 15) is 9.59 Å². The zero-order chi connectivity index (χ0) is 11.0. The molecule has 1 aromatic rings. The summed E-state index contributed by atoms with van der Waals surface area (Å²) in [5.41, 5.74) is 2.51. The van der Waals surface area contributed by atoms with E-state index in [-0.39, 0.29) is 11.7 Å². The predicted molar refractivity (Wildman–Crippen MR) is 61.7 cm³/mol. The monoisotopic (exact) mass is 267 g/mol. The first-order chi connectivity index (χ1) is 7.13. The highest BCUT2D eigenvalue weighted by Gasteiger charge is 2.24. The van der Waals surface area contributed by atoms with Crippen molar-refractivity contribution in [3.8, 4) is 0 Å². The predicted octanol–water partition coefficient (Wildman–Crippen LogP) is 1.78. The highest BCUT2D eigenvalue weighted by molar-refractivity contribution is 9.09. The first kappa shape index (κ1) is 10.4. The van der Waals surface area contributed by atoms with Crippen molar-refractivity contribution in [3.05, 3.63) is 29.3 Å². The summed E-state index contributed by atoms with van der Waals surface area (Å²) < 4.78 is 0. The van der Waals surface area contributed by atoms with Gasteiger partial charge in [-0.1, -0.05) is 15.9 Å². The quantitative estimate of drug-likeness (QED) is 0.605. The molecule has 0 aliphatic carbocycles. The van der Waals surface area contributed by atoms with Gasteiger partial charge in [-0.2, -0.15) is 0 Å². The molecular weight excluding hydrogens is 258 g/mol. The molecule has 4 heteroatoms. The molecule has 0 radical (unpaired) electrons. The van der Waals surface area contributed by atoms with Gasteiger partial charge >= 0.3 is 0 Å². The van der Waals surface area contributed by atoms with Gasteiger partial charge in [0.2, 0.25) is 5.91 Å². The minimum atomic E-state index is 0.0415. The summed E-state index contributed by atoms with van der Waals surface area (Å²) in [5.74, 6) is 0.119. The largest absolute Gasteiger partial charge is 0.315 e. The van der Waals surface area contributed by atoms with Crippen LogP contribution in [0, 0.1) is 0 Å². The van der Waals surface area contributed by atoms with Crippen molar-refractivity contribution in [2.24, 2.45) is 0 Å². The van der Waals surface area contributed by atoms with Gasteiger partial charge in [-0.15, -0.1) is 0 Å². The van der Waals surface area contributed by atoms with E-state index < -0.39 is 0 Å². The number of nitrogens with zero attached hydrogens (tertiary/aromatic N) is 1. The Bertz CT molecular complexity index is 442. The van der Waals surface area contributed by atoms with Gasteiger partial charge in [-0.05, 0) is 23.8 Å². The van der Waals surface area contributed by atoms with Gasteiger partial charge in [-0.25, -0.2) is 0 Å². The van der Waals surface area contributed by atoms with Gasteiger partial charge in [0.15, 0.2) is 5.78 Å². The Morgan fingerprint density at radius 3 is 2.93 bits per heavy atom. The van der Waals surface area contributed by atoms with E-state index in [0.29, 0.717) is 17.3 Å². The van der Waals surface area contributed by atoms with Crippen LogP contribution in [-0.4, -0.2) is 24.1 Å². The van der Waals surface area contributed by atoms with Crippen LogP contribution in [0.25, 0.3) is 0 Å². The van der Waals surface area contributed by atoms with Gasteiger partial charge < -0.3 is 4.90 Å². The first-order valence-electron chi connectivity index (χ1n) is 4.62. The van der Waals surface area contributed by atoms with Crippen LogP contribution in [0.4, 0.5) is 5.69 Å². The molecule has 1 heterocycles. The molecule has 0 spiro atoms. The lowest BCUT2D eigenvalue weighted by Gasteiger charge is -2.09. The maximum atomic E-state index is 11.4. The van der Waals surface area contributed by atoms with Crippen LogP contribution >= 0.6 is 15.9 Å². The Morgan fingerprint density at radius 2 is 2.27 bits per heavy atom. The standard InChI is InChI=1S/C11H10BrNO2/c1-13-9-3-2-7(10(14)6-12)4-8(9)5-11(13)15/h2-4H,5-6H2,1H3. The molecule has 0 saturated carbocycles. The van der Waals surface area contributed by atoms with Crippen LogP contribution in [-0.2, 0) is 11.2 Å². The summed E-state index contributed by atoms with van der Waals surface area (Å²) in [6.07, 6.45) is 0.398. The van der Waals surface area contributed by atoms with Crippen LogP contribution in [0.15, 0.2) is 18.2 Å². The van der Waals surface area contributed by atoms with Crippen LogP contribution < -0.4 is 4.90 Å². The summed E-state index contributed by atoms with van der Waals surface area (Å²) in [4.78, 5) is 24.5. The number of benzene rings is 1. The zero-order valence-electron chi connectivity index (χ0n) is 8.29. The molecule has 78 valence electrons. The summed E-state index contributed by atoms with van der Waals surface area (Å²) >= 11 is 3.13. The fraction of sp³-hybridized carbons (Fsp3) is 0.273. The molecule has 0 fully saturated rings. The van der Waals surface area contributed by atoms with Crippen molar-refractivity contribution in [1.82, 2.24) is 0 Å². The minimum Gasteiger partial charge on any atom is -0.315 e. The van der Waals surface area contributed by atoms with Crippen molar-refractivity contribution < 1.29 is 9.59 Å². The topological polar surface area (TPSA) is 37.4 Å². The maximum absolute atomic E-state index is 11.4. The lowest BCUT2D eigenvalue weighted by atomic mass is 10.1. The molecule has 1 aromatic carbocycles. The van der Waals surface area contributed by atoms with Crippen LogP contribution in [0.3, 0.4) is 0 Å². The average Bonchev–Trinajstić information content (AvgIpc) is 2.53. The summed E-state index contributed by atoms with van der Waals surface area (Å²) in [6, 6.07) is 5.40. The fourth-order valence-electron chi connectivity index (χ4n) is 1.72. The number of ketones is 1. The highest BCUT2D eigenvalue weighted by Crippen LogP contribution is 2.28. The lowest BCUT2D eigenvalue weighted by molar-refractivity contribution is -0.117. The van der Waals surface area contributed by atoms with E-state index in [1.54, 1.807) is 24.1 Å². The number of carbonyl (C=O) groups excluding carboxylic acids is 2. The SMILES string of the molecule is CN1C(=O)Cc2cc(C(=O)CBr)ccc21.